The lowest BCUT2D eigenvalue weighted by Crippen LogP contribution is -2.35. The average molecular weight is 383 g/mol. The lowest BCUT2D eigenvalue weighted by Gasteiger charge is -2.24. The van der Waals surface area contributed by atoms with E-state index in [4.69, 9.17) is 15.8 Å². The van der Waals surface area contributed by atoms with E-state index in [-0.39, 0.29) is 10.7 Å². The van der Waals surface area contributed by atoms with Crippen LogP contribution in [0.2, 0.25) is 0 Å². The van der Waals surface area contributed by atoms with Gasteiger partial charge in [-0.3, -0.25) is 15.6 Å². The molecule has 2 aromatic rings. The summed E-state index contributed by atoms with van der Waals surface area (Å²) in [7, 11) is -4.48. The molecule has 136 valence electrons. The molecule has 6 nitrogen and oxygen atoms in total. The van der Waals surface area contributed by atoms with Gasteiger partial charge in [-0.1, -0.05) is 17.7 Å². The third kappa shape index (κ3) is 4.07. The van der Waals surface area contributed by atoms with E-state index in [1.165, 1.54) is 12.1 Å². The fourth-order valence-corrected chi connectivity index (χ4v) is 2.01. The van der Waals surface area contributed by atoms with Crippen LogP contribution in [0.1, 0.15) is 5.56 Å². The van der Waals surface area contributed by atoms with E-state index in [9.17, 15) is 26.5 Å². The molecule has 25 heavy (non-hydrogen) atoms. The predicted octanol–water partition coefficient (Wildman–Crippen LogP) is 3.31. The fraction of sp³-hybridized carbons (Fsp3) is 0.0769. The lowest BCUT2D eigenvalue weighted by atomic mass is 10.2. The molecule has 2 aromatic carbocycles. The zero-order valence-corrected chi connectivity index (χ0v) is 13.4. The number of hydrogen-bond acceptors (Lipinski definition) is 3. The average Bonchev–Trinajstić information content (AvgIpc) is 2.55. The summed E-state index contributed by atoms with van der Waals surface area (Å²) in [4.78, 5) is 9.05. The van der Waals surface area contributed by atoms with Crippen molar-refractivity contribution in [3.63, 3.8) is 0 Å². The number of benzene rings is 2. The number of aryl methyl sites for hydroxylation is 1. The quantitative estimate of drug-likeness (QED) is 0.271. The standard InChI is InChI=1S/C13H11F5N3O3P/c1-6-2-4-7(5-3-6)23-21(25(19,20)22)24-13-11(17)9(15)8(14)10(16)12(13)18/h2-5H,1H3,(H4,19,20,22). The Labute approximate surface area is 138 Å². The van der Waals surface area contributed by atoms with Crippen molar-refractivity contribution in [2.45, 2.75) is 6.92 Å². The van der Waals surface area contributed by atoms with E-state index >= 15 is 0 Å². The van der Waals surface area contributed by atoms with Crippen molar-refractivity contribution in [3.8, 4) is 11.5 Å². The fourth-order valence-electron chi connectivity index (χ4n) is 1.58. The molecule has 12 heteroatoms. The SMILES string of the molecule is Cc1ccc(ON(Oc2c(F)c(F)c(F)c(F)c2F)P(N)(N)=O)cc1. The highest BCUT2D eigenvalue weighted by atomic mass is 31.2. The van der Waals surface area contributed by atoms with Crippen molar-refractivity contribution in [1.29, 1.82) is 0 Å². The maximum atomic E-state index is 13.6. The van der Waals surface area contributed by atoms with Gasteiger partial charge in [0.1, 0.15) is 5.00 Å². The Kier molecular flexibility index (Phi) is 5.33. The summed E-state index contributed by atoms with van der Waals surface area (Å²) in [5.41, 5.74) is 11.0. The second kappa shape index (κ2) is 6.96. The highest BCUT2D eigenvalue weighted by Gasteiger charge is 2.34. The lowest BCUT2D eigenvalue weighted by molar-refractivity contribution is -0.182. The van der Waals surface area contributed by atoms with Crippen molar-refractivity contribution in [2.24, 2.45) is 11.0 Å². The van der Waals surface area contributed by atoms with E-state index in [1.807, 2.05) is 0 Å². The molecule has 0 saturated carbocycles. The van der Waals surface area contributed by atoms with Crippen molar-refractivity contribution < 1.29 is 36.2 Å². The molecule has 0 bridgehead atoms. The highest BCUT2D eigenvalue weighted by molar-refractivity contribution is 7.56. The summed E-state index contributed by atoms with van der Waals surface area (Å²) in [6, 6.07) is 5.76. The predicted molar refractivity (Wildman–Crippen MR) is 76.5 cm³/mol. The molecular weight excluding hydrogens is 372 g/mol. The molecule has 0 heterocycles. The van der Waals surface area contributed by atoms with E-state index in [0.29, 0.717) is 0 Å². The number of halogens is 5. The van der Waals surface area contributed by atoms with Gasteiger partial charge in [-0.2, -0.15) is 8.78 Å². The smallest absolute Gasteiger partial charge is 0.347 e. The number of hydrogen-bond donors (Lipinski definition) is 2. The van der Waals surface area contributed by atoms with Crippen LogP contribution in [0.5, 0.6) is 11.5 Å². The number of nitrogens with two attached hydrogens (primary N) is 2. The topological polar surface area (TPSA) is 90.8 Å². The molecule has 0 saturated heterocycles. The van der Waals surface area contributed by atoms with Crippen LogP contribution in [0, 0.1) is 36.0 Å². The molecule has 2 rings (SSSR count). The van der Waals surface area contributed by atoms with Crippen LogP contribution < -0.4 is 20.7 Å². The highest BCUT2D eigenvalue weighted by Crippen LogP contribution is 2.37. The van der Waals surface area contributed by atoms with Gasteiger partial charge >= 0.3 is 7.59 Å². The molecule has 0 aromatic heterocycles. The minimum absolute atomic E-state index is 0.0782. The Morgan fingerprint density at radius 3 is 1.72 bits per heavy atom. The molecule has 0 spiro atoms. The number of nitrogens with zero attached hydrogens (tertiary/aromatic N) is 1. The van der Waals surface area contributed by atoms with Gasteiger partial charge in [-0.25, -0.2) is 13.2 Å². The van der Waals surface area contributed by atoms with Crippen LogP contribution in [-0.4, -0.2) is 5.00 Å². The molecule has 0 radical (unpaired) electrons. The van der Waals surface area contributed by atoms with Crippen molar-refractivity contribution in [3.05, 3.63) is 58.9 Å². The van der Waals surface area contributed by atoms with Gasteiger partial charge in [0.15, 0.2) is 5.75 Å². The van der Waals surface area contributed by atoms with Crippen LogP contribution in [-0.2, 0) is 4.57 Å². The second-order valence-corrected chi connectivity index (χ2v) is 6.48. The molecule has 0 aliphatic heterocycles. The van der Waals surface area contributed by atoms with Crippen molar-refractivity contribution >= 4 is 7.59 Å². The van der Waals surface area contributed by atoms with Crippen molar-refractivity contribution in [1.82, 2.24) is 5.00 Å². The van der Waals surface area contributed by atoms with Gasteiger partial charge < -0.3 is 9.68 Å². The first-order valence-electron chi connectivity index (χ1n) is 6.44. The second-order valence-electron chi connectivity index (χ2n) is 4.80. The Hall–Kier alpha value is -2.20. The Morgan fingerprint density at radius 1 is 0.840 bits per heavy atom. The molecule has 0 atom stereocenters. The maximum Gasteiger partial charge on any atom is 0.347 e. The summed E-state index contributed by atoms with van der Waals surface area (Å²) >= 11 is 0. The zero-order chi connectivity index (χ0) is 18.9. The van der Waals surface area contributed by atoms with Gasteiger partial charge in [-0.15, -0.1) is 0 Å². The van der Waals surface area contributed by atoms with Crippen LogP contribution in [0.4, 0.5) is 22.0 Å². The minimum atomic E-state index is -4.48. The Bertz CT molecular complexity index is 815. The van der Waals surface area contributed by atoms with E-state index in [2.05, 4.69) is 4.84 Å². The summed E-state index contributed by atoms with van der Waals surface area (Å²) in [6.45, 7) is 1.74. The van der Waals surface area contributed by atoms with Gasteiger partial charge in [0.25, 0.3) is 0 Å². The van der Waals surface area contributed by atoms with E-state index in [1.54, 1.807) is 19.1 Å². The van der Waals surface area contributed by atoms with E-state index < -0.39 is 42.4 Å². The minimum Gasteiger partial charge on any atom is -0.363 e. The molecule has 0 unspecified atom stereocenters. The largest absolute Gasteiger partial charge is 0.363 e. The first-order chi connectivity index (χ1) is 11.5. The van der Waals surface area contributed by atoms with Crippen LogP contribution in [0.3, 0.4) is 0 Å². The molecular formula is C13H11F5N3O3P. The molecule has 0 aliphatic carbocycles. The normalized spacial score (nSPS) is 11.7. The van der Waals surface area contributed by atoms with Gasteiger partial charge in [0, 0.05) is 0 Å². The third-order valence-corrected chi connectivity index (χ3v) is 3.47. The molecule has 0 fully saturated rings. The molecule has 4 N–H and O–H groups in total. The Morgan fingerprint density at radius 2 is 1.28 bits per heavy atom. The van der Waals surface area contributed by atoms with Gasteiger partial charge in [-0.05, 0) is 19.1 Å². The van der Waals surface area contributed by atoms with E-state index in [0.717, 1.165) is 5.56 Å². The summed E-state index contributed by atoms with van der Waals surface area (Å²) in [6.07, 6.45) is 0. The first-order valence-corrected chi connectivity index (χ1v) is 8.24. The summed E-state index contributed by atoms with van der Waals surface area (Å²) < 4.78 is 78.5. The molecule has 0 aliphatic rings. The Balaban J connectivity index is 2.42. The first kappa shape index (κ1) is 19.1. The number of rotatable bonds is 5. The van der Waals surface area contributed by atoms with Crippen molar-refractivity contribution in [2.75, 3.05) is 0 Å². The van der Waals surface area contributed by atoms with Crippen LogP contribution in [0.15, 0.2) is 24.3 Å². The third-order valence-electron chi connectivity index (χ3n) is 2.80. The molecule has 0 amide bonds. The summed E-state index contributed by atoms with van der Waals surface area (Å²) in [5, 5.41) is 0. The zero-order valence-electron chi connectivity index (χ0n) is 12.5. The van der Waals surface area contributed by atoms with Gasteiger partial charge in [0.2, 0.25) is 34.8 Å². The monoisotopic (exact) mass is 383 g/mol. The van der Waals surface area contributed by atoms with Crippen LogP contribution in [0.25, 0.3) is 0 Å². The van der Waals surface area contributed by atoms with Crippen LogP contribution >= 0.6 is 7.59 Å². The maximum absolute atomic E-state index is 13.6. The summed E-state index contributed by atoms with van der Waals surface area (Å²) in [5.74, 6) is -13.4. The van der Waals surface area contributed by atoms with Gasteiger partial charge in [0.05, 0.1) is 0 Å².